The smallest absolute Gasteiger partial charge is 0.293 e. The molecule has 9 heteroatoms. The summed E-state index contributed by atoms with van der Waals surface area (Å²) in [6.45, 7) is 9.54. The van der Waals surface area contributed by atoms with Gasteiger partial charge in [0, 0.05) is 30.1 Å². The molecule has 0 aliphatic carbocycles. The molecule has 4 rings (SSSR count). The van der Waals surface area contributed by atoms with Crippen LogP contribution in [0.4, 0.5) is 5.69 Å². The molecule has 2 N–H and O–H groups in total. The first-order valence-electron chi connectivity index (χ1n) is 14.1. The highest BCUT2D eigenvalue weighted by molar-refractivity contribution is 7.90. The van der Waals surface area contributed by atoms with Gasteiger partial charge in [-0.2, -0.15) is 4.72 Å². The molecule has 4 unspecified atom stereocenters. The zero-order chi connectivity index (χ0) is 28.9. The number of nitrogens with one attached hydrogen (secondary N) is 1. The number of fused-ring (bicyclic) bond motifs is 1. The van der Waals surface area contributed by atoms with Gasteiger partial charge in [-0.25, -0.2) is 0 Å². The molecule has 0 radical (unpaired) electrons. The maximum absolute atomic E-state index is 13.3. The minimum Gasteiger partial charge on any atom is -0.588 e. The zero-order valence-corrected chi connectivity index (χ0v) is 25.4. The van der Waals surface area contributed by atoms with Gasteiger partial charge in [-0.05, 0) is 68.0 Å². The molecular formula is C31H41ClN2O5S. The van der Waals surface area contributed by atoms with Crippen molar-refractivity contribution in [2.75, 3.05) is 31.2 Å². The fourth-order valence-electron chi connectivity index (χ4n) is 5.33. The minimum absolute atomic E-state index is 0.0371. The summed E-state index contributed by atoms with van der Waals surface area (Å²) in [7, 11) is 0. The Bertz CT molecular complexity index is 1210. The Balaban J connectivity index is 1.73. The van der Waals surface area contributed by atoms with Gasteiger partial charge >= 0.3 is 0 Å². The van der Waals surface area contributed by atoms with Crippen LogP contribution in [-0.4, -0.2) is 53.6 Å². The van der Waals surface area contributed by atoms with Gasteiger partial charge in [-0.3, -0.25) is 4.79 Å². The van der Waals surface area contributed by atoms with Crippen molar-refractivity contribution in [1.82, 2.24) is 4.72 Å². The molecule has 2 aliphatic heterocycles. The van der Waals surface area contributed by atoms with Gasteiger partial charge in [-0.1, -0.05) is 56.5 Å². The number of aliphatic hydroxyl groups is 1. The summed E-state index contributed by atoms with van der Waals surface area (Å²) < 4.78 is 28.0. The molecule has 1 amide bonds. The van der Waals surface area contributed by atoms with Crippen LogP contribution >= 0.6 is 11.6 Å². The molecule has 40 heavy (non-hydrogen) atoms. The molecule has 0 saturated carbocycles. The summed E-state index contributed by atoms with van der Waals surface area (Å²) in [4.78, 5) is 15.7. The molecule has 2 bridgehead atoms. The Hall–Kier alpha value is -2.23. The molecule has 0 saturated heterocycles. The van der Waals surface area contributed by atoms with E-state index in [1.807, 2.05) is 18.2 Å². The summed E-state index contributed by atoms with van der Waals surface area (Å²) in [5.74, 6) is 0.356. The Morgan fingerprint density at radius 2 is 2.02 bits per heavy atom. The molecule has 2 heterocycles. The van der Waals surface area contributed by atoms with Crippen LogP contribution in [0.25, 0.3) is 0 Å². The van der Waals surface area contributed by atoms with Gasteiger partial charge < -0.3 is 24.0 Å². The number of rotatable bonds is 4. The van der Waals surface area contributed by atoms with E-state index in [4.69, 9.17) is 21.1 Å². The van der Waals surface area contributed by atoms with Crippen molar-refractivity contribution < 1.29 is 23.9 Å². The number of aryl methyl sites for hydroxylation is 1. The highest BCUT2D eigenvalue weighted by Crippen LogP contribution is 2.38. The lowest BCUT2D eigenvalue weighted by Gasteiger charge is -2.30. The second-order valence-electron chi connectivity index (χ2n) is 11.1. The number of aliphatic hydroxyl groups excluding tert-OH is 1. The quantitative estimate of drug-likeness (QED) is 0.359. The Labute approximate surface area is 246 Å². The third kappa shape index (κ3) is 7.34. The molecule has 218 valence electrons. The standard InChI is InChI=1S/C31H41ClN2O5S/c1-5-8-22-17-24(32)10-12-26(22)23-19-34-15-14-21(6-2)28(35)9-7-16-39-31(3,4)30(36)33-40(37)25-11-13-29(38-20-23)27(34)18-25/h7,9-13,17-18,21,23,28,35H,5-6,8,14-16,19-20H2,1-4H3,(H,33,36)/b9-7+. The Kier molecular flexibility index (Phi) is 10.5. The fraction of sp³-hybridized carbons (Fsp3) is 0.516. The van der Waals surface area contributed by atoms with Crippen molar-refractivity contribution >= 4 is 34.6 Å². The van der Waals surface area contributed by atoms with Crippen molar-refractivity contribution in [3.05, 3.63) is 64.7 Å². The van der Waals surface area contributed by atoms with E-state index in [0.29, 0.717) is 30.3 Å². The molecule has 0 spiro atoms. The molecule has 0 aromatic heterocycles. The van der Waals surface area contributed by atoms with Crippen LogP contribution < -0.4 is 14.4 Å². The summed E-state index contributed by atoms with van der Waals surface area (Å²) >= 11 is 4.58. The number of hydrogen-bond acceptors (Lipinski definition) is 6. The number of ether oxygens (including phenoxy) is 2. The van der Waals surface area contributed by atoms with Crippen molar-refractivity contribution in [1.29, 1.82) is 0 Å². The first kappa shape index (κ1) is 30.7. The van der Waals surface area contributed by atoms with Gasteiger partial charge in [0.15, 0.2) is 4.90 Å². The maximum atomic E-state index is 13.3. The van der Waals surface area contributed by atoms with Crippen LogP contribution in [0.3, 0.4) is 0 Å². The van der Waals surface area contributed by atoms with E-state index in [9.17, 15) is 14.5 Å². The minimum atomic E-state index is -1.78. The molecule has 4 atom stereocenters. The van der Waals surface area contributed by atoms with E-state index in [0.717, 1.165) is 36.4 Å². The summed E-state index contributed by atoms with van der Waals surface area (Å²) in [6.07, 6.45) is 6.36. The topological polar surface area (TPSA) is 94.1 Å². The van der Waals surface area contributed by atoms with E-state index in [-0.39, 0.29) is 18.4 Å². The lowest BCUT2D eigenvalue weighted by atomic mass is 9.91. The summed E-state index contributed by atoms with van der Waals surface area (Å²) in [5.41, 5.74) is 2.08. The maximum Gasteiger partial charge on any atom is 0.293 e. The van der Waals surface area contributed by atoms with Crippen LogP contribution in [0.1, 0.15) is 64.0 Å². The number of anilines is 1. The Morgan fingerprint density at radius 3 is 2.77 bits per heavy atom. The number of hydrogen-bond donors (Lipinski definition) is 2. The first-order chi connectivity index (χ1) is 19.1. The highest BCUT2D eigenvalue weighted by atomic mass is 35.5. The second-order valence-corrected chi connectivity index (χ2v) is 12.7. The van der Waals surface area contributed by atoms with Gasteiger partial charge in [0.25, 0.3) is 5.91 Å². The van der Waals surface area contributed by atoms with E-state index in [1.54, 1.807) is 32.1 Å². The second kappa shape index (κ2) is 13.6. The van der Waals surface area contributed by atoms with Crippen LogP contribution in [0.15, 0.2) is 53.4 Å². The molecular weight excluding hydrogens is 548 g/mol. The summed E-state index contributed by atoms with van der Waals surface area (Å²) in [6, 6.07) is 11.5. The van der Waals surface area contributed by atoms with E-state index in [1.165, 1.54) is 11.1 Å². The monoisotopic (exact) mass is 588 g/mol. The predicted molar refractivity (Wildman–Crippen MR) is 160 cm³/mol. The lowest BCUT2D eigenvalue weighted by Crippen LogP contribution is -2.46. The largest absolute Gasteiger partial charge is 0.588 e. The highest BCUT2D eigenvalue weighted by Gasteiger charge is 2.34. The molecule has 2 aromatic carbocycles. The average Bonchev–Trinajstić information content (AvgIpc) is 3.10. The Morgan fingerprint density at radius 1 is 1.23 bits per heavy atom. The fourth-order valence-corrected chi connectivity index (χ4v) is 6.46. The van der Waals surface area contributed by atoms with E-state index >= 15 is 0 Å². The number of carbonyl (C=O) groups excluding carboxylic acids is 1. The van der Waals surface area contributed by atoms with Gasteiger partial charge in [0.1, 0.15) is 22.7 Å². The zero-order valence-electron chi connectivity index (χ0n) is 23.8. The predicted octanol–water partition coefficient (Wildman–Crippen LogP) is 5.56. The number of nitrogens with zero attached hydrogens (tertiary/aromatic N) is 1. The van der Waals surface area contributed by atoms with Crippen LogP contribution in [-0.2, 0) is 27.3 Å². The van der Waals surface area contributed by atoms with Gasteiger partial charge in [0.05, 0.1) is 25.0 Å². The SMILES string of the molecule is CCCc1cc(Cl)ccc1C1COc2ccc3cc2N(CCC(CC)C(O)/C=C/COC(C)(C)C(=O)N[S+]3[O-])C1. The number of carbonyl (C=O) groups is 1. The van der Waals surface area contributed by atoms with Crippen LogP contribution in [0.5, 0.6) is 5.75 Å². The normalized spacial score (nSPS) is 26.4. The number of halogens is 1. The molecule has 2 aliphatic rings. The number of benzene rings is 2. The summed E-state index contributed by atoms with van der Waals surface area (Å²) in [5, 5.41) is 11.7. The van der Waals surface area contributed by atoms with Gasteiger partial charge in [-0.15, -0.1) is 0 Å². The van der Waals surface area contributed by atoms with Crippen molar-refractivity contribution in [2.24, 2.45) is 5.92 Å². The van der Waals surface area contributed by atoms with Crippen molar-refractivity contribution in [2.45, 2.75) is 75.9 Å². The van der Waals surface area contributed by atoms with Crippen LogP contribution in [0, 0.1) is 5.92 Å². The lowest BCUT2D eigenvalue weighted by molar-refractivity contribution is -0.139. The van der Waals surface area contributed by atoms with E-state index in [2.05, 4.69) is 35.6 Å². The van der Waals surface area contributed by atoms with Crippen molar-refractivity contribution in [3.63, 3.8) is 0 Å². The number of amides is 1. The van der Waals surface area contributed by atoms with Gasteiger partial charge in [0.2, 0.25) is 0 Å². The molecule has 0 fully saturated rings. The van der Waals surface area contributed by atoms with Crippen LogP contribution in [0.2, 0.25) is 5.02 Å². The van der Waals surface area contributed by atoms with E-state index < -0.39 is 29.0 Å². The average molecular weight is 589 g/mol. The van der Waals surface area contributed by atoms with Crippen molar-refractivity contribution in [3.8, 4) is 5.75 Å². The first-order valence-corrected chi connectivity index (χ1v) is 15.7. The third-order valence-corrected chi connectivity index (χ3v) is 9.10. The third-order valence-electron chi connectivity index (χ3n) is 7.81. The molecule has 2 aromatic rings. The molecule has 7 nitrogen and oxygen atoms in total.